The molecular weight excluding hydrogens is 271 g/mol. The summed E-state index contributed by atoms with van der Waals surface area (Å²) in [6, 6.07) is 6.58. The Morgan fingerprint density at radius 1 is 1.25 bits per heavy atom. The Morgan fingerprint density at radius 3 is 2.45 bits per heavy atom. The molecule has 112 valence electrons. The zero-order valence-electron chi connectivity index (χ0n) is 11.5. The van der Waals surface area contributed by atoms with E-state index in [1.165, 1.54) is 0 Å². The van der Waals surface area contributed by atoms with Crippen LogP contribution in [0.3, 0.4) is 0 Å². The molecule has 0 aliphatic carbocycles. The minimum Gasteiger partial charge on any atom is -0.493 e. The SMILES string of the molecule is CCOc1ccccc1C(=O)CN(CC)CC(F)(F)F. The number of carbonyl (C=O) groups excluding carboxylic acids is 1. The molecule has 1 aromatic rings. The van der Waals surface area contributed by atoms with Gasteiger partial charge in [0.2, 0.25) is 0 Å². The van der Waals surface area contributed by atoms with Crippen LogP contribution in [-0.4, -0.2) is 43.1 Å². The van der Waals surface area contributed by atoms with Crippen LogP contribution < -0.4 is 4.74 Å². The Bertz CT molecular complexity index is 446. The fraction of sp³-hybridized carbons (Fsp3) is 0.500. The summed E-state index contributed by atoms with van der Waals surface area (Å²) >= 11 is 0. The molecule has 0 unspecified atom stereocenters. The first-order chi connectivity index (χ1) is 9.37. The number of carbonyl (C=O) groups is 1. The van der Waals surface area contributed by atoms with Crippen molar-refractivity contribution in [2.45, 2.75) is 20.0 Å². The van der Waals surface area contributed by atoms with Crippen molar-refractivity contribution in [3.05, 3.63) is 29.8 Å². The Morgan fingerprint density at radius 2 is 1.90 bits per heavy atom. The summed E-state index contributed by atoms with van der Waals surface area (Å²) in [4.78, 5) is 13.2. The van der Waals surface area contributed by atoms with E-state index in [4.69, 9.17) is 4.74 Å². The Kier molecular flexibility index (Phi) is 6.01. The summed E-state index contributed by atoms with van der Waals surface area (Å²) in [5, 5.41) is 0. The first-order valence-corrected chi connectivity index (χ1v) is 6.41. The highest BCUT2D eigenvalue weighted by atomic mass is 19.4. The number of nitrogens with zero attached hydrogens (tertiary/aromatic N) is 1. The standard InChI is InChI=1S/C14H18F3NO2/c1-3-18(10-14(15,16)17)9-12(19)11-7-5-6-8-13(11)20-4-2/h5-8H,3-4,9-10H2,1-2H3. The van der Waals surface area contributed by atoms with E-state index in [0.29, 0.717) is 17.9 Å². The number of hydrogen-bond acceptors (Lipinski definition) is 3. The molecule has 0 radical (unpaired) electrons. The van der Waals surface area contributed by atoms with Gasteiger partial charge in [0.05, 0.1) is 25.3 Å². The topological polar surface area (TPSA) is 29.5 Å². The number of Topliss-reactive ketones (excluding diaryl/α,β-unsaturated/α-hetero) is 1. The molecule has 0 saturated carbocycles. The molecule has 1 rings (SSSR count). The molecule has 0 amide bonds. The second-order valence-electron chi connectivity index (χ2n) is 4.27. The van der Waals surface area contributed by atoms with Crippen LogP contribution in [0.5, 0.6) is 5.75 Å². The van der Waals surface area contributed by atoms with Gasteiger partial charge in [0.25, 0.3) is 0 Å². The third kappa shape index (κ3) is 5.21. The molecule has 0 saturated heterocycles. The van der Waals surface area contributed by atoms with E-state index in [9.17, 15) is 18.0 Å². The fourth-order valence-electron chi connectivity index (χ4n) is 1.80. The molecule has 0 spiro atoms. The van der Waals surface area contributed by atoms with Crippen molar-refractivity contribution in [1.82, 2.24) is 4.90 Å². The van der Waals surface area contributed by atoms with E-state index in [0.717, 1.165) is 4.90 Å². The van der Waals surface area contributed by atoms with Gasteiger partial charge in [0, 0.05) is 0 Å². The lowest BCUT2D eigenvalue weighted by Gasteiger charge is -2.21. The summed E-state index contributed by atoms with van der Waals surface area (Å²) < 4.78 is 42.4. The number of likely N-dealkylation sites (N-methyl/N-ethyl adjacent to an activating group) is 1. The van der Waals surface area contributed by atoms with E-state index in [2.05, 4.69) is 0 Å². The average molecular weight is 289 g/mol. The lowest BCUT2D eigenvalue weighted by Crippen LogP contribution is -2.37. The van der Waals surface area contributed by atoms with Crippen LogP contribution >= 0.6 is 0 Å². The molecule has 0 heterocycles. The minimum absolute atomic E-state index is 0.155. The van der Waals surface area contributed by atoms with Gasteiger partial charge < -0.3 is 4.74 Å². The number of hydrogen-bond donors (Lipinski definition) is 0. The van der Waals surface area contributed by atoms with Crippen molar-refractivity contribution in [1.29, 1.82) is 0 Å². The summed E-state index contributed by atoms with van der Waals surface area (Å²) in [6.45, 7) is 2.55. The van der Waals surface area contributed by atoms with Crippen LogP contribution in [0.2, 0.25) is 0 Å². The third-order valence-electron chi connectivity index (χ3n) is 2.70. The average Bonchev–Trinajstić information content (AvgIpc) is 2.37. The van der Waals surface area contributed by atoms with Crippen LogP contribution in [0.4, 0.5) is 13.2 Å². The number of rotatable bonds is 7. The van der Waals surface area contributed by atoms with Crippen molar-refractivity contribution >= 4 is 5.78 Å². The minimum atomic E-state index is -4.31. The third-order valence-corrected chi connectivity index (χ3v) is 2.70. The number of para-hydroxylation sites is 1. The number of halogens is 3. The van der Waals surface area contributed by atoms with Crippen LogP contribution in [0.1, 0.15) is 24.2 Å². The smallest absolute Gasteiger partial charge is 0.401 e. The highest BCUT2D eigenvalue weighted by Gasteiger charge is 2.31. The molecule has 20 heavy (non-hydrogen) atoms. The van der Waals surface area contributed by atoms with E-state index < -0.39 is 12.7 Å². The predicted molar refractivity (Wildman–Crippen MR) is 70.1 cm³/mol. The largest absolute Gasteiger partial charge is 0.493 e. The van der Waals surface area contributed by atoms with Gasteiger partial charge in [-0.3, -0.25) is 9.69 Å². The Labute approximate surface area is 116 Å². The van der Waals surface area contributed by atoms with E-state index in [1.54, 1.807) is 38.1 Å². The predicted octanol–water partition coefficient (Wildman–Crippen LogP) is 3.15. The first-order valence-electron chi connectivity index (χ1n) is 6.41. The maximum atomic E-state index is 12.4. The van der Waals surface area contributed by atoms with Crippen molar-refractivity contribution in [2.24, 2.45) is 0 Å². The highest BCUT2D eigenvalue weighted by molar-refractivity contribution is 6.00. The van der Waals surface area contributed by atoms with Crippen LogP contribution in [0, 0.1) is 0 Å². The van der Waals surface area contributed by atoms with Gasteiger partial charge in [0.15, 0.2) is 5.78 Å². The molecule has 0 bridgehead atoms. The maximum absolute atomic E-state index is 12.4. The Hall–Kier alpha value is -1.56. The normalized spacial score (nSPS) is 11.7. The van der Waals surface area contributed by atoms with Crippen molar-refractivity contribution < 1.29 is 22.7 Å². The first kappa shape index (κ1) is 16.5. The van der Waals surface area contributed by atoms with E-state index >= 15 is 0 Å². The zero-order valence-corrected chi connectivity index (χ0v) is 11.5. The van der Waals surface area contributed by atoms with Gasteiger partial charge in [-0.2, -0.15) is 13.2 Å². The molecule has 1 aromatic carbocycles. The molecular formula is C14H18F3NO2. The molecule has 0 aliphatic rings. The quantitative estimate of drug-likeness (QED) is 0.722. The van der Waals surface area contributed by atoms with Crippen molar-refractivity contribution in [3.63, 3.8) is 0 Å². The summed E-state index contributed by atoms with van der Waals surface area (Å²) in [5.74, 6) is 0.0308. The van der Waals surface area contributed by atoms with Gasteiger partial charge in [-0.15, -0.1) is 0 Å². The summed E-state index contributed by atoms with van der Waals surface area (Å²) in [6.07, 6.45) is -4.31. The highest BCUT2D eigenvalue weighted by Crippen LogP contribution is 2.20. The monoisotopic (exact) mass is 289 g/mol. The van der Waals surface area contributed by atoms with Crippen LogP contribution in [0.15, 0.2) is 24.3 Å². The number of ether oxygens (including phenoxy) is 1. The molecule has 3 nitrogen and oxygen atoms in total. The maximum Gasteiger partial charge on any atom is 0.401 e. The number of benzene rings is 1. The number of ketones is 1. The second kappa shape index (κ2) is 7.28. The van der Waals surface area contributed by atoms with Gasteiger partial charge in [0.1, 0.15) is 5.75 Å². The second-order valence-corrected chi connectivity index (χ2v) is 4.27. The van der Waals surface area contributed by atoms with Gasteiger partial charge in [-0.1, -0.05) is 19.1 Å². The Balaban J connectivity index is 2.79. The van der Waals surface area contributed by atoms with Crippen molar-refractivity contribution in [3.8, 4) is 5.75 Å². The fourth-order valence-corrected chi connectivity index (χ4v) is 1.80. The molecule has 0 aliphatic heterocycles. The van der Waals surface area contributed by atoms with Gasteiger partial charge in [-0.05, 0) is 25.6 Å². The van der Waals surface area contributed by atoms with Crippen molar-refractivity contribution in [2.75, 3.05) is 26.2 Å². The van der Waals surface area contributed by atoms with Gasteiger partial charge in [-0.25, -0.2) is 0 Å². The van der Waals surface area contributed by atoms with E-state index in [1.807, 2.05) is 0 Å². The lowest BCUT2D eigenvalue weighted by atomic mass is 10.1. The van der Waals surface area contributed by atoms with Crippen LogP contribution in [0.25, 0.3) is 0 Å². The summed E-state index contributed by atoms with van der Waals surface area (Å²) in [7, 11) is 0. The number of alkyl halides is 3. The molecule has 0 atom stereocenters. The molecule has 0 N–H and O–H groups in total. The van der Waals surface area contributed by atoms with Crippen LogP contribution in [-0.2, 0) is 0 Å². The zero-order chi connectivity index (χ0) is 15.2. The molecule has 6 heteroatoms. The van der Waals surface area contributed by atoms with Gasteiger partial charge >= 0.3 is 6.18 Å². The lowest BCUT2D eigenvalue weighted by molar-refractivity contribution is -0.144. The molecule has 0 fully saturated rings. The molecule has 0 aromatic heterocycles. The van der Waals surface area contributed by atoms with E-state index in [-0.39, 0.29) is 18.9 Å². The summed E-state index contributed by atoms with van der Waals surface area (Å²) in [5.41, 5.74) is 0.315.